The predicted octanol–water partition coefficient (Wildman–Crippen LogP) is 5.12. The zero-order valence-corrected chi connectivity index (χ0v) is 21.3. The second-order valence-corrected chi connectivity index (χ2v) is 10.5. The van der Waals surface area contributed by atoms with Crippen molar-refractivity contribution in [1.29, 1.82) is 0 Å². The van der Waals surface area contributed by atoms with Crippen molar-refractivity contribution in [3.8, 4) is 23.7 Å². The molecule has 4 aliphatic rings. The molecule has 0 aromatic heterocycles. The Kier molecular flexibility index (Phi) is 10.1. The molecule has 8 atom stereocenters. The number of fused-ring (bicyclic) bond motifs is 1. The molecule has 0 bridgehead atoms. The summed E-state index contributed by atoms with van der Waals surface area (Å²) in [5, 5.41) is 9.31. The summed E-state index contributed by atoms with van der Waals surface area (Å²) in [6.45, 7) is 4.92. The van der Waals surface area contributed by atoms with Crippen LogP contribution in [0.1, 0.15) is 78.1 Å². The Morgan fingerprint density at radius 2 is 1.86 bits per heavy atom. The minimum atomic E-state index is -0.520. The summed E-state index contributed by atoms with van der Waals surface area (Å²) in [5.74, 6) is 13.4. The number of hydrogen-bond acceptors (Lipinski definition) is 5. The number of hydrogen-bond donors (Lipinski definition) is 1. The molecular formula is C29H41FO5. The van der Waals surface area contributed by atoms with Gasteiger partial charge in [-0.3, -0.25) is 0 Å². The highest BCUT2D eigenvalue weighted by Gasteiger charge is 2.48. The van der Waals surface area contributed by atoms with E-state index in [1.807, 2.05) is 6.92 Å². The summed E-state index contributed by atoms with van der Waals surface area (Å²) in [6, 6.07) is 0. The molecule has 4 rings (SSSR count). The molecule has 4 fully saturated rings. The van der Waals surface area contributed by atoms with Crippen molar-refractivity contribution in [2.75, 3.05) is 19.8 Å². The molecule has 0 amide bonds. The van der Waals surface area contributed by atoms with Crippen molar-refractivity contribution >= 4 is 0 Å². The topological polar surface area (TPSA) is 57.2 Å². The summed E-state index contributed by atoms with van der Waals surface area (Å²) in [7, 11) is 0. The Balaban J connectivity index is 1.53. The maximum absolute atomic E-state index is 14.2. The van der Waals surface area contributed by atoms with E-state index in [2.05, 4.69) is 30.6 Å². The van der Waals surface area contributed by atoms with Gasteiger partial charge in [-0.25, -0.2) is 4.39 Å². The Morgan fingerprint density at radius 1 is 1.11 bits per heavy atom. The first-order valence-corrected chi connectivity index (χ1v) is 13.5. The van der Waals surface area contributed by atoms with E-state index in [0.717, 1.165) is 63.7 Å². The van der Waals surface area contributed by atoms with Crippen LogP contribution in [0, 0.1) is 47.4 Å². The second-order valence-electron chi connectivity index (χ2n) is 10.5. The second kappa shape index (κ2) is 13.2. The molecule has 6 heteroatoms. The van der Waals surface area contributed by atoms with Gasteiger partial charge in [0.25, 0.3) is 0 Å². The summed E-state index contributed by atoms with van der Waals surface area (Å²) in [4.78, 5) is 0. The molecule has 2 aliphatic carbocycles. The van der Waals surface area contributed by atoms with Gasteiger partial charge in [0.15, 0.2) is 12.6 Å². The van der Waals surface area contributed by atoms with E-state index in [1.54, 1.807) is 0 Å². The molecule has 35 heavy (non-hydrogen) atoms. The van der Waals surface area contributed by atoms with E-state index in [-0.39, 0.29) is 48.4 Å². The first-order valence-electron chi connectivity index (χ1n) is 13.5. The third-order valence-corrected chi connectivity index (χ3v) is 7.93. The lowest BCUT2D eigenvalue weighted by Gasteiger charge is -2.29. The number of aliphatic hydroxyl groups excluding tert-OH is 1. The summed E-state index contributed by atoms with van der Waals surface area (Å²) < 4.78 is 38.8. The number of allylic oxidation sites excluding steroid dienone is 1. The van der Waals surface area contributed by atoms with E-state index >= 15 is 0 Å². The van der Waals surface area contributed by atoms with E-state index in [0.29, 0.717) is 25.2 Å². The third-order valence-electron chi connectivity index (χ3n) is 7.93. The molecule has 0 spiro atoms. The number of rotatable bonds is 7. The van der Waals surface area contributed by atoms with Crippen LogP contribution in [0.2, 0.25) is 0 Å². The van der Waals surface area contributed by atoms with Crippen LogP contribution in [0.5, 0.6) is 0 Å². The molecule has 2 saturated heterocycles. The summed E-state index contributed by atoms with van der Waals surface area (Å²) >= 11 is 0. The predicted molar refractivity (Wildman–Crippen MR) is 131 cm³/mol. The standard InChI is InChI=1S/C29H41FO5/c1-3-4-9-20(2)26(34-28-10-5-7-14-32-28)13-12-23-24-17-22(25(30)19-31)16-21(24)18-27(23)35-29-11-6-8-15-33-29/h20-21,23-24,26-29,31H,5-11,14-19H2,1-2H3/t20?,21-,23-,24-,26+,27+,28?,29?/m0/s1. The van der Waals surface area contributed by atoms with Crippen LogP contribution in [0.25, 0.3) is 0 Å². The molecule has 0 aromatic carbocycles. The maximum atomic E-state index is 14.2. The molecule has 2 aliphatic heterocycles. The van der Waals surface area contributed by atoms with Crippen LogP contribution < -0.4 is 0 Å². The van der Waals surface area contributed by atoms with Crippen LogP contribution in [-0.4, -0.2) is 49.7 Å². The van der Waals surface area contributed by atoms with Gasteiger partial charge < -0.3 is 24.1 Å². The zero-order valence-electron chi connectivity index (χ0n) is 21.3. The highest BCUT2D eigenvalue weighted by atomic mass is 19.1. The quantitative estimate of drug-likeness (QED) is 0.504. The Labute approximate surface area is 210 Å². The molecule has 194 valence electrons. The molecule has 0 aromatic rings. The fraction of sp³-hybridized carbons (Fsp3) is 0.793. The van der Waals surface area contributed by atoms with Gasteiger partial charge in [0.2, 0.25) is 0 Å². The minimum absolute atomic E-state index is 0.0163. The van der Waals surface area contributed by atoms with Gasteiger partial charge in [-0.1, -0.05) is 18.8 Å². The number of aliphatic hydroxyl groups is 1. The van der Waals surface area contributed by atoms with Crippen LogP contribution in [-0.2, 0) is 18.9 Å². The van der Waals surface area contributed by atoms with Crippen LogP contribution in [0.4, 0.5) is 4.39 Å². The fourth-order valence-corrected chi connectivity index (χ4v) is 5.93. The smallest absolute Gasteiger partial charge is 0.159 e. The van der Waals surface area contributed by atoms with Gasteiger partial charge in [0.05, 0.1) is 18.6 Å². The van der Waals surface area contributed by atoms with E-state index in [4.69, 9.17) is 18.9 Å². The van der Waals surface area contributed by atoms with Crippen molar-refractivity contribution in [1.82, 2.24) is 0 Å². The maximum Gasteiger partial charge on any atom is 0.159 e. The van der Waals surface area contributed by atoms with Crippen molar-refractivity contribution in [2.45, 2.75) is 103 Å². The first-order chi connectivity index (χ1) is 17.1. The van der Waals surface area contributed by atoms with Crippen molar-refractivity contribution in [2.24, 2.45) is 23.7 Å². The van der Waals surface area contributed by atoms with Crippen LogP contribution in [0.15, 0.2) is 11.4 Å². The van der Waals surface area contributed by atoms with E-state index in [1.165, 1.54) is 0 Å². The van der Waals surface area contributed by atoms with Gasteiger partial charge >= 0.3 is 0 Å². The Hall–Kier alpha value is -1.41. The average molecular weight is 489 g/mol. The monoisotopic (exact) mass is 488 g/mol. The first kappa shape index (κ1) is 26.6. The van der Waals surface area contributed by atoms with E-state index < -0.39 is 6.61 Å². The third kappa shape index (κ3) is 7.09. The lowest BCUT2D eigenvalue weighted by Crippen LogP contribution is -2.32. The van der Waals surface area contributed by atoms with E-state index in [9.17, 15) is 9.50 Å². The molecule has 3 unspecified atom stereocenters. The minimum Gasteiger partial charge on any atom is -0.389 e. The molecule has 0 radical (unpaired) electrons. The van der Waals surface area contributed by atoms with Gasteiger partial charge in [-0.2, -0.15) is 0 Å². The Morgan fingerprint density at radius 3 is 2.51 bits per heavy atom. The van der Waals surface area contributed by atoms with Gasteiger partial charge in [-0.15, -0.1) is 11.8 Å². The zero-order chi connectivity index (χ0) is 24.6. The highest BCUT2D eigenvalue weighted by Crippen LogP contribution is 2.52. The van der Waals surface area contributed by atoms with Gasteiger partial charge in [-0.05, 0) is 82.1 Å². The van der Waals surface area contributed by atoms with Crippen molar-refractivity contribution < 1.29 is 28.4 Å². The fourth-order valence-electron chi connectivity index (χ4n) is 5.93. The van der Waals surface area contributed by atoms with Crippen LogP contribution in [0.3, 0.4) is 0 Å². The lowest BCUT2D eigenvalue weighted by atomic mass is 9.90. The van der Waals surface area contributed by atoms with Gasteiger partial charge in [0.1, 0.15) is 11.9 Å². The summed E-state index contributed by atoms with van der Waals surface area (Å²) in [6.07, 6.45) is 8.32. The lowest BCUT2D eigenvalue weighted by molar-refractivity contribution is -0.192. The van der Waals surface area contributed by atoms with Crippen molar-refractivity contribution in [3.05, 3.63) is 11.4 Å². The summed E-state index contributed by atoms with van der Waals surface area (Å²) in [5.41, 5.74) is 0.747. The van der Waals surface area contributed by atoms with Crippen molar-refractivity contribution in [3.63, 3.8) is 0 Å². The molecule has 5 nitrogen and oxygen atoms in total. The SMILES string of the molecule is CC#CCC(C)[C@@H](C#C[C@H]1[C@H]2CC(=C(F)CO)C[C@H]2C[C@H]1OC1CCCCO1)OC1CCCCO1. The molecule has 2 saturated carbocycles. The Bertz CT molecular complexity index is 837. The van der Waals surface area contributed by atoms with Crippen LogP contribution >= 0.6 is 0 Å². The highest BCUT2D eigenvalue weighted by molar-refractivity contribution is 5.24. The largest absolute Gasteiger partial charge is 0.389 e. The molecular weight excluding hydrogens is 447 g/mol. The average Bonchev–Trinajstić information content (AvgIpc) is 3.44. The normalized spacial score (nSPS) is 35.8. The molecule has 1 N–H and O–H groups in total. The number of ether oxygens (including phenoxy) is 4. The molecule has 2 heterocycles. The van der Waals surface area contributed by atoms with Gasteiger partial charge in [0, 0.05) is 25.6 Å². The number of halogens is 1.